The maximum atomic E-state index is 15.1. The molecule has 0 bridgehead atoms. The minimum absolute atomic E-state index is 0.0140. The molecule has 1 saturated heterocycles. The Balaban J connectivity index is 1.97. The molecule has 4 atom stereocenters. The molecule has 138 valence electrons. The van der Waals surface area contributed by atoms with Crippen LogP contribution in [0.1, 0.15) is 23.5 Å². The molecule has 0 aliphatic carbocycles. The van der Waals surface area contributed by atoms with Crippen LogP contribution in [0.4, 0.5) is 4.39 Å². The number of esters is 1. The summed E-state index contributed by atoms with van der Waals surface area (Å²) in [5, 5.41) is 0. The number of ether oxygens (including phenoxy) is 2. The summed E-state index contributed by atoms with van der Waals surface area (Å²) in [4.78, 5) is 37.9. The molecule has 1 fully saturated rings. The van der Waals surface area contributed by atoms with Crippen LogP contribution in [0.15, 0.2) is 52.2 Å². The zero-order chi connectivity index (χ0) is 18.9. The normalized spacial score (nSPS) is 28.0. The topological polar surface area (TPSA) is 90.4 Å². The van der Waals surface area contributed by atoms with E-state index in [1.54, 1.807) is 37.3 Å². The van der Waals surface area contributed by atoms with Crippen LogP contribution in [0, 0.1) is 5.92 Å². The molecule has 26 heavy (non-hydrogen) atoms. The molecule has 2 heterocycles. The lowest BCUT2D eigenvalue weighted by Crippen LogP contribution is -2.38. The molecular formula is C17H16FIN2O5. The molecule has 1 aliphatic heterocycles. The third-order valence-electron chi connectivity index (χ3n) is 4.33. The Bertz CT molecular complexity index is 915. The van der Waals surface area contributed by atoms with Gasteiger partial charge in [0.1, 0.15) is 0 Å². The SMILES string of the molecule is C[C@H]1[C@@H](OC(=O)c2ccccc2)[C@H](n2ccc(=O)[nH]c2=O)O[C@]1(F)CI. The van der Waals surface area contributed by atoms with Crippen LogP contribution in [-0.4, -0.2) is 31.9 Å². The fourth-order valence-electron chi connectivity index (χ4n) is 2.79. The van der Waals surface area contributed by atoms with Crippen molar-refractivity contribution in [2.45, 2.75) is 25.1 Å². The van der Waals surface area contributed by atoms with E-state index in [-0.39, 0.29) is 4.43 Å². The van der Waals surface area contributed by atoms with Gasteiger partial charge in [0.2, 0.25) is 5.85 Å². The van der Waals surface area contributed by atoms with Gasteiger partial charge in [0, 0.05) is 12.3 Å². The summed E-state index contributed by atoms with van der Waals surface area (Å²) in [7, 11) is 0. The number of aromatic nitrogens is 2. The first-order valence-corrected chi connectivity index (χ1v) is 9.38. The van der Waals surface area contributed by atoms with Crippen LogP contribution < -0.4 is 11.2 Å². The first-order valence-electron chi connectivity index (χ1n) is 7.86. The number of hydrogen-bond acceptors (Lipinski definition) is 5. The summed E-state index contributed by atoms with van der Waals surface area (Å²) in [5.41, 5.74) is -1.05. The first-order chi connectivity index (χ1) is 12.4. The van der Waals surface area contributed by atoms with Gasteiger partial charge in [0.05, 0.1) is 15.9 Å². The molecule has 0 radical (unpaired) electrons. The summed E-state index contributed by atoms with van der Waals surface area (Å²) in [6.07, 6.45) is -1.05. The van der Waals surface area contributed by atoms with Gasteiger partial charge in [-0.05, 0) is 12.1 Å². The molecular weight excluding hydrogens is 458 g/mol. The smallest absolute Gasteiger partial charge is 0.338 e. The number of hydrogen-bond donors (Lipinski definition) is 1. The van der Waals surface area contributed by atoms with Crippen LogP contribution in [0.5, 0.6) is 0 Å². The largest absolute Gasteiger partial charge is 0.453 e. The van der Waals surface area contributed by atoms with Crippen molar-refractivity contribution < 1.29 is 18.7 Å². The van der Waals surface area contributed by atoms with Gasteiger partial charge in [-0.15, -0.1) is 0 Å². The molecule has 0 spiro atoms. The summed E-state index contributed by atoms with van der Waals surface area (Å²) >= 11 is 1.83. The van der Waals surface area contributed by atoms with Crippen LogP contribution in [0.25, 0.3) is 0 Å². The lowest BCUT2D eigenvalue weighted by Gasteiger charge is -2.23. The van der Waals surface area contributed by atoms with Crippen LogP contribution in [0.2, 0.25) is 0 Å². The standard InChI is InChI=1S/C17H16FIN2O5/c1-10-13(25-15(23)11-5-3-2-4-6-11)14(26-17(10,18)9-19)21-8-7-12(22)20-16(21)24/h2-8,10,13-14H,9H2,1H3,(H,20,22,24)/t10-,13+,14+,17+/m0/s1. The lowest BCUT2D eigenvalue weighted by molar-refractivity contribution is -0.154. The molecule has 1 aromatic carbocycles. The Hall–Kier alpha value is -2.01. The summed E-state index contributed by atoms with van der Waals surface area (Å²) in [6, 6.07) is 9.38. The molecule has 0 amide bonds. The Kier molecular flexibility index (Phi) is 5.28. The van der Waals surface area contributed by atoms with Crippen LogP contribution in [0.3, 0.4) is 0 Å². The Morgan fingerprint density at radius 2 is 2.04 bits per heavy atom. The Labute approximate surface area is 161 Å². The second kappa shape index (κ2) is 7.31. The maximum absolute atomic E-state index is 15.1. The van der Waals surface area contributed by atoms with Gasteiger partial charge in [-0.1, -0.05) is 47.7 Å². The van der Waals surface area contributed by atoms with Crippen molar-refractivity contribution in [3.8, 4) is 0 Å². The highest BCUT2D eigenvalue weighted by Crippen LogP contribution is 2.45. The number of alkyl halides is 2. The zero-order valence-corrected chi connectivity index (χ0v) is 15.9. The highest BCUT2D eigenvalue weighted by atomic mass is 127. The van der Waals surface area contributed by atoms with E-state index in [1.807, 2.05) is 22.6 Å². The van der Waals surface area contributed by atoms with Crippen molar-refractivity contribution in [3.05, 3.63) is 69.0 Å². The summed E-state index contributed by atoms with van der Waals surface area (Å²) in [6.45, 7) is 1.55. The van der Waals surface area contributed by atoms with E-state index in [1.165, 1.54) is 6.20 Å². The second-order valence-corrected chi connectivity index (χ2v) is 6.73. The highest BCUT2D eigenvalue weighted by molar-refractivity contribution is 14.1. The van der Waals surface area contributed by atoms with E-state index in [2.05, 4.69) is 4.98 Å². The third-order valence-corrected chi connectivity index (χ3v) is 5.37. The number of benzene rings is 1. The number of nitrogens with one attached hydrogen (secondary N) is 1. The monoisotopic (exact) mass is 474 g/mol. The fraction of sp³-hybridized carbons (Fsp3) is 0.353. The van der Waals surface area contributed by atoms with Gasteiger partial charge in [-0.25, -0.2) is 14.0 Å². The lowest BCUT2D eigenvalue weighted by atomic mass is 9.99. The van der Waals surface area contributed by atoms with E-state index in [0.29, 0.717) is 5.56 Å². The van der Waals surface area contributed by atoms with Gasteiger partial charge >= 0.3 is 11.7 Å². The predicted molar refractivity (Wildman–Crippen MR) is 99.0 cm³/mol. The van der Waals surface area contributed by atoms with Crippen molar-refractivity contribution >= 4 is 28.6 Å². The van der Waals surface area contributed by atoms with Crippen molar-refractivity contribution in [2.24, 2.45) is 5.92 Å². The quantitative estimate of drug-likeness (QED) is 0.416. The molecule has 1 N–H and O–H groups in total. The number of halogens is 2. The number of rotatable bonds is 4. The van der Waals surface area contributed by atoms with Gasteiger partial charge in [-0.2, -0.15) is 0 Å². The molecule has 3 rings (SSSR count). The highest BCUT2D eigenvalue weighted by Gasteiger charge is 2.56. The molecule has 0 saturated carbocycles. The maximum Gasteiger partial charge on any atom is 0.338 e. The molecule has 7 nitrogen and oxygen atoms in total. The van der Waals surface area contributed by atoms with Gasteiger partial charge in [0.25, 0.3) is 5.56 Å². The molecule has 2 aromatic rings. The first kappa shape index (κ1) is 18.8. The zero-order valence-electron chi connectivity index (χ0n) is 13.7. The fourth-order valence-corrected chi connectivity index (χ4v) is 3.66. The molecule has 1 aromatic heterocycles. The summed E-state index contributed by atoms with van der Waals surface area (Å²) in [5.74, 6) is -3.55. The Morgan fingerprint density at radius 1 is 1.35 bits per heavy atom. The van der Waals surface area contributed by atoms with Crippen molar-refractivity contribution in [3.63, 3.8) is 0 Å². The van der Waals surface area contributed by atoms with E-state index in [4.69, 9.17) is 9.47 Å². The molecule has 0 unspecified atom stereocenters. The van der Waals surface area contributed by atoms with Crippen molar-refractivity contribution in [2.75, 3.05) is 4.43 Å². The van der Waals surface area contributed by atoms with Crippen molar-refractivity contribution in [1.29, 1.82) is 0 Å². The second-order valence-electron chi connectivity index (χ2n) is 5.97. The van der Waals surface area contributed by atoms with E-state index < -0.39 is 41.3 Å². The van der Waals surface area contributed by atoms with Gasteiger partial charge in [-0.3, -0.25) is 14.3 Å². The number of carbonyl (C=O) groups excluding carboxylic acids is 1. The van der Waals surface area contributed by atoms with E-state index in [0.717, 1.165) is 10.6 Å². The predicted octanol–water partition coefficient (Wildman–Crippen LogP) is 2.03. The minimum atomic E-state index is -2.08. The third kappa shape index (κ3) is 3.45. The minimum Gasteiger partial charge on any atom is -0.453 e. The summed E-state index contributed by atoms with van der Waals surface area (Å²) < 4.78 is 27.0. The van der Waals surface area contributed by atoms with Crippen LogP contribution in [-0.2, 0) is 9.47 Å². The molecule has 9 heteroatoms. The number of aromatic amines is 1. The number of carbonyl (C=O) groups is 1. The van der Waals surface area contributed by atoms with E-state index in [9.17, 15) is 14.4 Å². The van der Waals surface area contributed by atoms with Crippen LogP contribution >= 0.6 is 22.6 Å². The number of H-pyrrole nitrogens is 1. The van der Waals surface area contributed by atoms with Gasteiger partial charge in [0.15, 0.2) is 12.3 Å². The Morgan fingerprint density at radius 3 is 2.65 bits per heavy atom. The van der Waals surface area contributed by atoms with Crippen molar-refractivity contribution in [1.82, 2.24) is 9.55 Å². The van der Waals surface area contributed by atoms with Gasteiger partial charge < -0.3 is 9.47 Å². The molecule has 1 aliphatic rings. The number of nitrogens with zero attached hydrogens (tertiary/aromatic N) is 1. The average molecular weight is 474 g/mol. The van der Waals surface area contributed by atoms with E-state index >= 15 is 4.39 Å². The average Bonchev–Trinajstić information content (AvgIpc) is 2.88.